The zero-order valence-electron chi connectivity index (χ0n) is 13.3. The molecule has 0 spiro atoms. The van der Waals surface area contributed by atoms with Crippen molar-refractivity contribution >= 4 is 33.4 Å². The molecule has 6 heteroatoms. The van der Waals surface area contributed by atoms with Gasteiger partial charge in [0.2, 0.25) is 0 Å². The molecule has 0 saturated carbocycles. The number of amides is 1. The Kier molecular flexibility index (Phi) is 5.13. The summed E-state index contributed by atoms with van der Waals surface area (Å²) in [4.78, 5) is 28.2. The SMILES string of the molecule is COC(=O)CCn1c(=NC(=O)C(C)C)sc2cc(C)ccc21. The summed E-state index contributed by atoms with van der Waals surface area (Å²) in [6.45, 7) is 6.11. The van der Waals surface area contributed by atoms with Gasteiger partial charge in [0.25, 0.3) is 5.91 Å². The van der Waals surface area contributed by atoms with E-state index < -0.39 is 0 Å². The molecule has 0 atom stereocenters. The Balaban J connectivity index is 2.53. The van der Waals surface area contributed by atoms with E-state index >= 15 is 0 Å². The van der Waals surface area contributed by atoms with E-state index in [1.807, 2.05) is 37.5 Å². The summed E-state index contributed by atoms with van der Waals surface area (Å²) in [7, 11) is 1.37. The number of aryl methyl sites for hydroxylation is 2. The predicted octanol–water partition coefficient (Wildman–Crippen LogP) is 2.66. The summed E-state index contributed by atoms with van der Waals surface area (Å²) in [6.07, 6.45) is 0.249. The Hall–Kier alpha value is -1.95. The van der Waals surface area contributed by atoms with Crippen molar-refractivity contribution in [1.82, 2.24) is 4.57 Å². The smallest absolute Gasteiger partial charge is 0.307 e. The number of hydrogen-bond donors (Lipinski definition) is 0. The first-order chi connectivity index (χ1) is 10.4. The molecule has 1 amide bonds. The van der Waals surface area contributed by atoms with E-state index in [0.29, 0.717) is 11.3 Å². The van der Waals surface area contributed by atoms with Gasteiger partial charge < -0.3 is 9.30 Å². The van der Waals surface area contributed by atoms with Crippen LogP contribution in [-0.2, 0) is 20.9 Å². The number of hydrogen-bond acceptors (Lipinski definition) is 4. The van der Waals surface area contributed by atoms with Gasteiger partial charge >= 0.3 is 5.97 Å². The highest BCUT2D eigenvalue weighted by atomic mass is 32.1. The van der Waals surface area contributed by atoms with E-state index in [4.69, 9.17) is 4.74 Å². The normalized spacial score (nSPS) is 12.1. The molecule has 0 N–H and O–H groups in total. The minimum Gasteiger partial charge on any atom is -0.469 e. The third kappa shape index (κ3) is 3.62. The van der Waals surface area contributed by atoms with Crippen molar-refractivity contribution in [1.29, 1.82) is 0 Å². The molecule has 5 nitrogen and oxygen atoms in total. The highest BCUT2D eigenvalue weighted by Gasteiger charge is 2.11. The second-order valence-electron chi connectivity index (χ2n) is 5.44. The maximum Gasteiger partial charge on any atom is 0.307 e. The Morgan fingerprint density at radius 3 is 2.73 bits per heavy atom. The summed E-state index contributed by atoms with van der Waals surface area (Å²) >= 11 is 1.47. The number of aromatic nitrogens is 1. The Bertz CT molecular complexity index is 771. The summed E-state index contributed by atoms with van der Waals surface area (Å²) in [6, 6.07) is 6.07. The number of nitrogens with zero attached hydrogens (tertiary/aromatic N) is 2. The highest BCUT2D eigenvalue weighted by Crippen LogP contribution is 2.19. The molecule has 1 aromatic carbocycles. The standard InChI is InChI=1S/C16H20N2O3S/c1-10(2)15(20)17-16-18(8-7-14(19)21-4)12-6-5-11(3)9-13(12)22-16/h5-6,9-10H,7-8H2,1-4H3. The lowest BCUT2D eigenvalue weighted by Crippen LogP contribution is -2.20. The molecule has 1 aromatic heterocycles. The molecule has 0 unspecified atom stereocenters. The average molecular weight is 320 g/mol. The van der Waals surface area contributed by atoms with Crippen LogP contribution in [0.2, 0.25) is 0 Å². The lowest BCUT2D eigenvalue weighted by molar-refractivity contribution is -0.140. The number of carbonyl (C=O) groups is 2. The van der Waals surface area contributed by atoms with Crippen LogP contribution in [0, 0.1) is 12.8 Å². The van der Waals surface area contributed by atoms with Gasteiger partial charge in [-0.25, -0.2) is 0 Å². The number of benzene rings is 1. The van der Waals surface area contributed by atoms with Gasteiger partial charge in [-0.05, 0) is 24.6 Å². The number of esters is 1. The minimum absolute atomic E-state index is 0.152. The Morgan fingerprint density at radius 1 is 1.36 bits per heavy atom. The fourth-order valence-corrected chi connectivity index (χ4v) is 3.17. The summed E-state index contributed by atoms with van der Waals surface area (Å²) < 4.78 is 7.66. The minimum atomic E-state index is -0.278. The van der Waals surface area contributed by atoms with Crippen LogP contribution >= 0.6 is 11.3 Å². The van der Waals surface area contributed by atoms with Crippen LogP contribution in [0.4, 0.5) is 0 Å². The number of methoxy groups -OCH3 is 1. The van der Waals surface area contributed by atoms with Gasteiger partial charge in [-0.3, -0.25) is 9.59 Å². The first kappa shape index (κ1) is 16.4. The predicted molar refractivity (Wildman–Crippen MR) is 86.6 cm³/mol. The van der Waals surface area contributed by atoms with Crippen LogP contribution in [0.25, 0.3) is 10.2 Å². The number of thiazole rings is 1. The first-order valence-electron chi connectivity index (χ1n) is 7.17. The molecule has 0 radical (unpaired) electrons. The van der Waals surface area contributed by atoms with Crippen molar-refractivity contribution in [2.75, 3.05) is 7.11 Å². The lowest BCUT2D eigenvalue weighted by Gasteiger charge is -2.05. The topological polar surface area (TPSA) is 60.7 Å². The first-order valence-corrected chi connectivity index (χ1v) is 7.99. The van der Waals surface area contributed by atoms with E-state index in [2.05, 4.69) is 11.1 Å². The molecule has 0 bridgehead atoms. The third-order valence-electron chi connectivity index (χ3n) is 3.31. The molecule has 22 heavy (non-hydrogen) atoms. The van der Waals surface area contributed by atoms with Gasteiger partial charge in [0.15, 0.2) is 4.80 Å². The van der Waals surface area contributed by atoms with Crippen LogP contribution in [0.1, 0.15) is 25.8 Å². The molecular formula is C16H20N2O3S. The van der Waals surface area contributed by atoms with Gasteiger partial charge in [0, 0.05) is 12.5 Å². The number of rotatable bonds is 4. The van der Waals surface area contributed by atoms with Gasteiger partial charge in [-0.1, -0.05) is 31.3 Å². The second kappa shape index (κ2) is 6.87. The molecule has 0 aliphatic rings. The van der Waals surface area contributed by atoms with Crippen LogP contribution in [0.5, 0.6) is 0 Å². The molecule has 1 heterocycles. The molecule has 0 aliphatic heterocycles. The average Bonchev–Trinajstić information content (AvgIpc) is 2.80. The fourth-order valence-electron chi connectivity index (χ4n) is 2.01. The second-order valence-corrected chi connectivity index (χ2v) is 6.45. The van der Waals surface area contributed by atoms with Gasteiger partial charge in [-0.15, -0.1) is 0 Å². The van der Waals surface area contributed by atoms with Crippen molar-refractivity contribution in [3.8, 4) is 0 Å². The van der Waals surface area contributed by atoms with E-state index in [0.717, 1.165) is 15.8 Å². The van der Waals surface area contributed by atoms with Crippen molar-refractivity contribution in [2.45, 2.75) is 33.7 Å². The summed E-state index contributed by atoms with van der Waals surface area (Å²) in [5, 5.41) is 0. The van der Waals surface area contributed by atoms with Crippen molar-refractivity contribution in [3.05, 3.63) is 28.6 Å². The number of carbonyl (C=O) groups excluding carboxylic acids is 2. The molecular weight excluding hydrogens is 300 g/mol. The molecule has 2 aromatic rings. The molecule has 0 saturated heterocycles. The van der Waals surface area contributed by atoms with Crippen molar-refractivity contribution in [2.24, 2.45) is 10.9 Å². The van der Waals surface area contributed by atoms with E-state index in [1.54, 1.807) is 0 Å². The quantitative estimate of drug-likeness (QED) is 0.814. The van der Waals surface area contributed by atoms with Gasteiger partial charge in [0.1, 0.15) is 0 Å². The van der Waals surface area contributed by atoms with E-state index in [9.17, 15) is 9.59 Å². The highest BCUT2D eigenvalue weighted by molar-refractivity contribution is 7.16. The summed E-state index contributed by atoms with van der Waals surface area (Å²) in [5.41, 5.74) is 2.13. The largest absolute Gasteiger partial charge is 0.469 e. The van der Waals surface area contributed by atoms with E-state index in [-0.39, 0.29) is 24.2 Å². The number of fused-ring (bicyclic) bond motifs is 1. The molecule has 2 rings (SSSR count). The van der Waals surface area contributed by atoms with E-state index in [1.165, 1.54) is 18.4 Å². The molecule has 118 valence electrons. The van der Waals surface area contributed by atoms with Crippen LogP contribution in [-0.4, -0.2) is 23.6 Å². The third-order valence-corrected chi connectivity index (χ3v) is 4.35. The fraction of sp³-hybridized carbons (Fsp3) is 0.438. The van der Waals surface area contributed by atoms with Crippen molar-refractivity contribution in [3.63, 3.8) is 0 Å². The zero-order valence-corrected chi connectivity index (χ0v) is 14.1. The van der Waals surface area contributed by atoms with Crippen LogP contribution in [0.15, 0.2) is 23.2 Å². The van der Waals surface area contributed by atoms with Crippen molar-refractivity contribution < 1.29 is 14.3 Å². The Morgan fingerprint density at radius 2 is 2.09 bits per heavy atom. The maximum absolute atomic E-state index is 11.9. The number of ether oxygens (including phenoxy) is 1. The lowest BCUT2D eigenvalue weighted by atomic mass is 10.2. The zero-order chi connectivity index (χ0) is 16.3. The summed E-state index contributed by atoms with van der Waals surface area (Å²) in [5.74, 6) is -0.587. The van der Waals surface area contributed by atoms with Gasteiger partial charge in [-0.2, -0.15) is 4.99 Å². The molecule has 0 aliphatic carbocycles. The van der Waals surface area contributed by atoms with Gasteiger partial charge in [0.05, 0.1) is 23.7 Å². The molecule has 0 fully saturated rings. The van der Waals surface area contributed by atoms with Crippen LogP contribution in [0.3, 0.4) is 0 Å². The monoisotopic (exact) mass is 320 g/mol. The maximum atomic E-state index is 11.9. The van der Waals surface area contributed by atoms with Crippen LogP contribution < -0.4 is 4.80 Å². The Labute approximate surface area is 133 Å².